The maximum Gasteiger partial charge on any atom is 0.0726 e. The van der Waals surface area contributed by atoms with E-state index in [0.717, 1.165) is 19.5 Å². The van der Waals surface area contributed by atoms with Gasteiger partial charge in [-0.25, -0.2) is 0 Å². The standard InChI is InChI=1S/C62H46N2/c1-4-63(3)40-29-31-47-49-36-58-50(37-57(49)61(55(47)34-40)51-24-12-8-20-43(51)44-21-9-13-25-52(44)61)48-32-30-41(64(5-2)59-28-16-18-39-33-38-17-6-7-19-42(38)60(39)59)35-56(48)62(58)53-26-14-10-22-45(53)46-23-11-15-27-54(46)62/h6-32,34-37H,4-5,33H2,1-3H3. The van der Waals surface area contributed by atoms with Gasteiger partial charge in [-0.2, -0.15) is 0 Å². The average Bonchev–Trinajstić information content (AvgIpc) is 4.12. The smallest absolute Gasteiger partial charge is 0.0726 e. The van der Waals surface area contributed by atoms with Gasteiger partial charge in [0.15, 0.2) is 0 Å². The Morgan fingerprint density at radius 2 is 0.781 bits per heavy atom. The topological polar surface area (TPSA) is 6.48 Å². The second kappa shape index (κ2) is 12.8. The number of anilines is 3. The summed E-state index contributed by atoms with van der Waals surface area (Å²) < 4.78 is 0. The van der Waals surface area contributed by atoms with E-state index in [1.807, 2.05) is 0 Å². The van der Waals surface area contributed by atoms with Crippen LogP contribution in [0.5, 0.6) is 0 Å². The highest BCUT2D eigenvalue weighted by molar-refractivity contribution is 6.02. The van der Waals surface area contributed by atoms with Gasteiger partial charge in [0, 0.05) is 42.8 Å². The van der Waals surface area contributed by atoms with Crippen LogP contribution in [0.3, 0.4) is 0 Å². The first kappa shape index (κ1) is 36.1. The zero-order valence-electron chi connectivity index (χ0n) is 36.4. The summed E-state index contributed by atoms with van der Waals surface area (Å²) in [5.74, 6) is 0. The van der Waals surface area contributed by atoms with Crippen molar-refractivity contribution in [3.05, 3.63) is 244 Å². The molecular weight excluding hydrogens is 773 g/mol. The highest BCUT2D eigenvalue weighted by atomic mass is 15.1. The van der Waals surface area contributed by atoms with Crippen LogP contribution in [0.2, 0.25) is 0 Å². The van der Waals surface area contributed by atoms with E-state index in [0.29, 0.717) is 0 Å². The first-order valence-corrected chi connectivity index (χ1v) is 23.1. The monoisotopic (exact) mass is 818 g/mol. The molecule has 0 aliphatic heterocycles. The molecule has 9 aromatic carbocycles. The number of fused-ring (bicyclic) bond motifs is 23. The Kier molecular flexibility index (Phi) is 7.24. The lowest BCUT2D eigenvalue weighted by Crippen LogP contribution is -2.28. The van der Waals surface area contributed by atoms with Crippen LogP contribution in [0.1, 0.15) is 69.5 Å². The Hall–Kier alpha value is -7.42. The lowest BCUT2D eigenvalue weighted by atomic mass is 9.68. The van der Waals surface area contributed by atoms with E-state index in [2.05, 4.69) is 219 Å². The zero-order valence-corrected chi connectivity index (χ0v) is 36.4. The fourth-order valence-corrected chi connectivity index (χ4v) is 13.2. The molecule has 0 aromatic heterocycles. The summed E-state index contributed by atoms with van der Waals surface area (Å²) in [6.07, 6.45) is 0.980. The zero-order chi connectivity index (χ0) is 42.5. The molecule has 64 heavy (non-hydrogen) atoms. The van der Waals surface area contributed by atoms with Crippen LogP contribution < -0.4 is 9.80 Å². The van der Waals surface area contributed by atoms with Gasteiger partial charge in [0.2, 0.25) is 0 Å². The summed E-state index contributed by atoms with van der Waals surface area (Å²) in [7, 11) is 2.22. The molecule has 0 N–H and O–H groups in total. The highest BCUT2D eigenvalue weighted by Gasteiger charge is 2.56. The molecule has 0 fully saturated rings. The van der Waals surface area contributed by atoms with Gasteiger partial charge in [-0.3, -0.25) is 0 Å². The third-order valence-corrected chi connectivity index (χ3v) is 15.9. The minimum absolute atomic E-state index is 0.457. The van der Waals surface area contributed by atoms with Crippen LogP contribution in [0.4, 0.5) is 17.1 Å². The van der Waals surface area contributed by atoms with E-state index < -0.39 is 10.8 Å². The molecule has 2 heteroatoms. The summed E-state index contributed by atoms with van der Waals surface area (Å²) in [5.41, 5.74) is 30.0. The van der Waals surface area contributed by atoms with E-state index in [1.54, 1.807) is 0 Å². The SMILES string of the molecule is CCN(C)c1ccc2c(c1)C1(c3ccccc3-c3ccccc31)c1cc3c(cc1-2)C1(c2ccccc2-c2ccccc21)c1cc(N(CC)c2cccc4c2-c2ccccc2C4)ccc1-3. The molecule has 9 aromatic rings. The van der Waals surface area contributed by atoms with Gasteiger partial charge in [-0.1, -0.05) is 146 Å². The molecule has 0 radical (unpaired) electrons. The van der Waals surface area contributed by atoms with Gasteiger partial charge in [-0.15, -0.1) is 0 Å². The van der Waals surface area contributed by atoms with E-state index in [-0.39, 0.29) is 0 Å². The fraction of sp³-hybridized carbons (Fsp3) is 0.129. The van der Waals surface area contributed by atoms with Crippen molar-refractivity contribution in [1.82, 2.24) is 0 Å². The Morgan fingerprint density at radius 1 is 0.359 bits per heavy atom. The molecule has 2 spiro atoms. The molecule has 0 bridgehead atoms. The third kappa shape index (κ3) is 4.27. The second-order valence-corrected chi connectivity index (χ2v) is 18.5. The molecule has 5 aliphatic rings. The summed E-state index contributed by atoms with van der Waals surface area (Å²) in [6.45, 7) is 6.34. The summed E-state index contributed by atoms with van der Waals surface area (Å²) >= 11 is 0. The normalized spacial score (nSPS) is 14.8. The van der Waals surface area contributed by atoms with Crippen molar-refractivity contribution in [2.45, 2.75) is 31.1 Å². The van der Waals surface area contributed by atoms with Gasteiger partial charge >= 0.3 is 0 Å². The lowest BCUT2D eigenvalue weighted by Gasteiger charge is -2.33. The van der Waals surface area contributed by atoms with E-state index in [4.69, 9.17) is 0 Å². The van der Waals surface area contributed by atoms with Crippen molar-refractivity contribution in [2.75, 3.05) is 29.9 Å². The fourth-order valence-electron chi connectivity index (χ4n) is 13.2. The molecule has 304 valence electrons. The molecule has 0 saturated carbocycles. The first-order chi connectivity index (χ1) is 31.6. The van der Waals surface area contributed by atoms with E-state index >= 15 is 0 Å². The number of hydrogen-bond acceptors (Lipinski definition) is 2. The maximum absolute atomic E-state index is 2.64. The van der Waals surface area contributed by atoms with Crippen molar-refractivity contribution < 1.29 is 0 Å². The predicted octanol–water partition coefficient (Wildman–Crippen LogP) is 14.6. The Balaban J connectivity index is 1.07. The molecule has 0 saturated heterocycles. The van der Waals surface area contributed by atoms with Gasteiger partial charge in [0.1, 0.15) is 0 Å². The van der Waals surface area contributed by atoms with Crippen molar-refractivity contribution in [2.24, 2.45) is 0 Å². The predicted molar refractivity (Wildman–Crippen MR) is 265 cm³/mol. The number of hydrogen-bond donors (Lipinski definition) is 0. The third-order valence-electron chi connectivity index (χ3n) is 15.9. The first-order valence-electron chi connectivity index (χ1n) is 23.1. The van der Waals surface area contributed by atoms with Crippen molar-refractivity contribution in [3.8, 4) is 55.6 Å². The van der Waals surface area contributed by atoms with Crippen LogP contribution in [-0.4, -0.2) is 20.1 Å². The number of rotatable bonds is 5. The molecule has 0 amide bonds. The van der Waals surface area contributed by atoms with Crippen molar-refractivity contribution >= 4 is 17.1 Å². The minimum atomic E-state index is -0.503. The van der Waals surface area contributed by atoms with Crippen LogP contribution in [-0.2, 0) is 17.3 Å². The van der Waals surface area contributed by atoms with Crippen LogP contribution in [0, 0.1) is 0 Å². The molecule has 14 rings (SSSR count). The largest absolute Gasteiger partial charge is 0.375 e. The van der Waals surface area contributed by atoms with Crippen LogP contribution in [0.25, 0.3) is 55.6 Å². The van der Waals surface area contributed by atoms with Crippen LogP contribution in [0.15, 0.2) is 188 Å². The Labute approximate surface area is 375 Å². The molecule has 5 aliphatic carbocycles. The molecule has 0 unspecified atom stereocenters. The van der Waals surface area contributed by atoms with Crippen molar-refractivity contribution in [1.29, 1.82) is 0 Å². The van der Waals surface area contributed by atoms with E-state index in [9.17, 15) is 0 Å². The number of nitrogens with zero attached hydrogens (tertiary/aromatic N) is 2. The van der Waals surface area contributed by atoms with Crippen LogP contribution >= 0.6 is 0 Å². The van der Waals surface area contributed by atoms with E-state index in [1.165, 1.54) is 128 Å². The van der Waals surface area contributed by atoms with Gasteiger partial charge in [0.25, 0.3) is 0 Å². The van der Waals surface area contributed by atoms with Gasteiger partial charge in [-0.05, 0) is 168 Å². The van der Waals surface area contributed by atoms with Gasteiger partial charge < -0.3 is 9.80 Å². The second-order valence-electron chi connectivity index (χ2n) is 18.5. The molecule has 2 nitrogen and oxygen atoms in total. The lowest BCUT2D eigenvalue weighted by molar-refractivity contribution is 0.782. The summed E-state index contributed by atoms with van der Waals surface area (Å²) in [4.78, 5) is 4.94. The molecule has 0 atom stereocenters. The Bertz CT molecular complexity index is 3410. The molecular formula is C62H46N2. The molecule has 0 heterocycles. The summed E-state index contributed by atoms with van der Waals surface area (Å²) in [6, 6.07) is 72.8. The quantitative estimate of drug-likeness (QED) is 0.171. The summed E-state index contributed by atoms with van der Waals surface area (Å²) in [5, 5.41) is 0. The maximum atomic E-state index is 2.64. The van der Waals surface area contributed by atoms with Gasteiger partial charge in [0.05, 0.1) is 10.8 Å². The van der Waals surface area contributed by atoms with Crippen molar-refractivity contribution in [3.63, 3.8) is 0 Å². The number of benzene rings is 9. The minimum Gasteiger partial charge on any atom is -0.375 e. The average molecular weight is 819 g/mol. The highest BCUT2D eigenvalue weighted by Crippen LogP contribution is 2.68. The Morgan fingerprint density at radius 3 is 1.30 bits per heavy atom.